The molecule has 0 aromatic carbocycles. The molecule has 2 heterocycles. The van der Waals surface area contributed by atoms with Gasteiger partial charge in [0, 0.05) is 0 Å². The van der Waals surface area contributed by atoms with Crippen molar-refractivity contribution in [2.45, 2.75) is 6.92 Å². The van der Waals surface area contributed by atoms with Gasteiger partial charge in [-0.2, -0.15) is 5.10 Å². The predicted octanol–water partition coefficient (Wildman–Crippen LogP) is 2.54. The molecule has 0 saturated carbocycles. The van der Waals surface area contributed by atoms with Gasteiger partial charge in [-0.3, -0.25) is 0 Å². The summed E-state index contributed by atoms with van der Waals surface area (Å²) >= 11 is 3.23. The lowest BCUT2D eigenvalue weighted by molar-refractivity contribution is 0.613. The van der Waals surface area contributed by atoms with E-state index in [9.17, 15) is 4.39 Å². The van der Waals surface area contributed by atoms with Crippen LogP contribution in [-0.2, 0) is 0 Å². The van der Waals surface area contributed by atoms with E-state index in [4.69, 9.17) is 0 Å². The topological polar surface area (TPSA) is 17.3 Å². The summed E-state index contributed by atoms with van der Waals surface area (Å²) < 4.78 is 15.1. The fourth-order valence-electron chi connectivity index (χ4n) is 1.19. The lowest BCUT2D eigenvalue weighted by Gasteiger charge is -1.96. The highest BCUT2D eigenvalue weighted by atomic mass is 79.9. The van der Waals surface area contributed by atoms with E-state index in [1.165, 1.54) is 16.8 Å². The van der Waals surface area contributed by atoms with Crippen molar-refractivity contribution in [2.24, 2.45) is 0 Å². The van der Waals surface area contributed by atoms with Gasteiger partial charge in [0.2, 0.25) is 0 Å². The Bertz CT molecular complexity index is 436. The third-order valence-corrected chi connectivity index (χ3v) is 2.10. The molecule has 62 valence electrons. The molecule has 0 aliphatic heterocycles. The van der Waals surface area contributed by atoms with Crippen LogP contribution in [-0.4, -0.2) is 9.61 Å². The largest absolute Gasteiger partial charge is 0.237 e. The summed E-state index contributed by atoms with van der Waals surface area (Å²) in [6, 6.07) is 3.35. The van der Waals surface area contributed by atoms with Crippen LogP contribution in [0.15, 0.2) is 22.9 Å². The molecular formula is C8H6BrFN2. The molecule has 2 rings (SSSR count). The van der Waals surface area contributed by atoms with Gasteiger partial charge >= 0.3 is 0 Å². The smallest absolute Gasteiger partial charge is 0.141 e. The fourth-order valence-corrected chi connectivity index (χ4v) is 1.58. The molecule has 0 fully saturated rings. The summed E-state index contributed by atoms with van der Waals surface area (Å²) in [4.78, 5) is 0. The van der Waals surface area contributed by atoms with Crippen molar-refractivity contribution in [1.29, 1.82) is 0 Å². The van der Waals surface area contributed by atoms with Crippen LogP contribution in [0.25, 0.3) is 5.52 Å². The highest BCUT2D eigenvalue weighted by Gasteiger charge is 2.02. The van der Waals surface area contributed by atoms with E-state index in [2.05, 4.69) is 21.0 Å². The maximum atomic E-state index is 12.8. The summed E-state index contributed by atoms with van der Waals surface area (Å²) in [7, 11) is 0. The Morgan fingerprint density at radius 3 is 3.00 bits per heavy atom. The van der Waals surface area contributed by atoms with Gasteiger partial charge in [0.05, 0.1) is 11.7 Å². The molecule has 2 aromatic rings. The van der Waals surface area contributed by atoms with Crippen molar-refractivity contribution in [1.82, 2.24) is 9.61 Å². The van der Waals surface area contributed by atoms with Gasteiger partial charge in [-0.05, 0) is 40.5 Å². The van der Waals surface area contributed by atoms with E-state index in [1.54, 1.807) is 0 Å². The first-order valence-corrected chi connectivity index (χ1v) is 4.27. The van der Waals surface area contributed by atoms with Crippen LogP contribution in [0.5, 0.6) is 0 Å². The number of rotatable bonds is 0. The molecule has 0 N–H and O–H groups in total. The average molecular weight is 229 g/mol. The third-order valence-electron chi connectivity index (χ3n) is 1.71. The molecule has 0 bridgehead atoms. The van der Waals surface area contributed by atoms with Gasteiger partial charge < -0.3 is 0 Å². The zero-order valence-corrected chi connectivity index (χ0v) is 7.97. The van der Waals surface area contributed by atoms with Crippen molar-refractivity contribution in [3.63, 3.8) is 0 Å². The van der Waals surface area contributed by atoms with Gasteiger partial charge in [-0.1, -0.05) is 0 Å². The molecule has 0 saturated heterocycles. The summed E-state index contributed by atoms with van der Waals surface area (Å²) in [6.45, 7) is 1.85. The van der Waals surface area contributed by atoms with Gasteiger partial charge in [-0.25, -0.2) is 8.91 Å². The second-order valence-electron chi connectivity index (χ2n) is 2.64. The van der Waals surface area contributed by atoms with Gasteiger partial charge in [0.15, 0.2) is 0 Å². The van der Waals surface area contributed by atoms with Crippen molar-refractivity contribution in [3.8, 4) is 0 Å². The highest BCUT2D eigenvalue weighted by Crippen LogP contribution is 2.16. The Morgan fingerprint density at radius 2 is 2.25 bits per heavy atom. The molecule has 12 heavy (non-hydrogen) atoms. The van der Waals surface area contributed by atoms with Gasteiger partial charge in [0.1, 0.15) is 10.4 Å². The van der Waals surface area contributed by atoms with Crippen LogP contribution < -0.4 is 0 Å². The minimum Gasteiger partial charge on any atom is -0.237 e. The lowest BCUT2D eigenvalue weighted by atomic mass is 10.2. The van der Waals surface area contributed by atoms with Crippen LogP contribution in [0.3, 0.4) is 0 Å². The number of nitrogens with zero attached hydrogens (tertiary/aromatic N) is 2. The van der Waals surface area contributed by atoms with Gasteiger partial charge in [0.25, 0.3) is 0 Å². The number of aromatic nitrogens is 2. The zero-order valence-electron chi connectivity index (χ0n) is 6.38. The molecule has 0 radical (unpaired) electrons. The minimum absolute atomic E-state index is 0.268. The highest BCUT2D eigenvalue weighted by molar-refractivity contribution is 9.10. The average Bonchev–Trinajstić information content (AvgIpc) is 2.29. The van der Waals surface area contributed by atoms with Crippen molar-refractivity contribution in [2.75, 3.05) is 0 Å². The lowest BCUT2D eigenvalue weighted by Crippen LogP contribution is -1.90. The second-order valence-corrected chi connectivity index (χ2v) is 3.45. The molecule has 2 aromatic heterocycles. The molecule has 0 spiro atoms. The Hall–Kier alpha value is -0.900. The maximum Gasteiger partial charge on any atom is 0.141 e. The maximum absolute atomic E-state index is 12.8. The van der Waals surface area contributed by atoms with Gasteiger partial charge in [-0.15, -0.1) is 0 Å². The molecule has 0 aliphatic carbocycles. The van der Waals surface area contributed by atoms with Crippen LogP contribution >= 0.6 is 15.9 Å². The summed E-state index contributed by atoms with van der Waals surface area (Å²) in [5.41, 5.74) is 1.80. The Morgan fingerprint density at radius 1 is 1.50 bits per heavy atom. The van der Waals surface area contributed by atoms with E-state index < -0.39 is 0 Å². The van der Waals surface area contributed by atoms with Crippen LogP contribution in [0, 0.1) is 12.7 Å². The normalized spacial score (nSPS) is 10.9. The third kappa shape index (κ3) is 1.12. The number of aryl methyl sites for hydroxylation is 1. The molecular weight excluding hydrogens is 223 g/mol. The molecule has 0 amide bonds. The molecule has 0 aliphatic rings. The van der Waals surface area contributed by atoms with E-state index in [0.717, 1.165) is 15.7 Å². The minimum atomic E-state index is -0.268. The summed E-state index contributed by atoms with van der Waals surface area (Å²) in [6.07, 6.45) is 1.35. The quantitative estimate of drug-likeness (QED) is 0.678. The standard InChI is InChI=1S/C8H6BrFN2/c1-5-2-6(10)4-12-7(5)3-8(9)11-12/h2-4H,1H3. The number of hydrogen-bond donors (Lipinski definition) is 0. The predicted molar refractivity (Wildman–Crippen MR) is 47.6 cm³/mol. The molecule has 4 heteroatoms. The fraction of sp³-hybridized carbons (Fsp3) is 0.125. The van der Waals surface area contributed by atoms with E-state index in [0.29, 0.717) is 0 Å². The number of halogens is 2. The van der Waals surface area contributed by atoms with Crippen LogP contribution in [0.2, 0.25) is 0 Å². The molecule has 0 atom stereocenters. The Labute approximate surface area is 77.1 Å². The first kappa shape index (κ1) is 7.73. The Balaban J connectivity index is 2.88. The monoisotopic (exact) mass is 228 g/mol. The van der Waals surface area contributed by atoms with E-state index >= 15 is 0 Å². The van der Waals surface area contributed by atoms with Crippen molar-refractivity contribution < 1.29 is 4.39 Å². The molecule has 0 unspecified atom stereocenters. The van der Waals surface area contributed by atoms with Crippen molar-refractivity contribution in [3.05, 3.63) is 34.3 Å². The first-order valence-electron chi connectivity index (χ1n) is 3.48. The number of pyridine rings is 1. The summed E-state index contributed by atoms with van der Waals surface area (Å²) in [5.74, 6) is -0.268. The Kier molecular flexibility index (Phi) is 1.65. The number of hydrogen-bond acceptors (Lipinski definition) is 1. The van der Waals surface area contributed by atoms with Crippen molar-refractivity contribution >= 4 is 21.4 Å². The first-order chi connectivity index (χ1) is 5.66. The summed E-state index contributed by atoms with van der Waals surface area (Å²) in [5, 5.41) is 4.03. The van der Waals surface area contributed by atoms with Crippen LogP contribution in [0.4, 0.5) is 4.39 Å². The van der Waals surface area contributed by atoms with E-state index in [-0.39, 0.29) is 5.82 Å². The zero-order chi connectivity index (χ0) is 8.72. The number of fused-ring (bicyclic) bond motifs is 1. The van der Waals surface area contributed by atoms with Crippen LogP contribution in [0.1, 0.15) is 5.56 Å². The second kappa shape index (κ2) is 2.55. The molecule has 2 nitrogen and oxygen atoms in total. The van der Waals surface area contributed by atoms with E-state index in [1.807, 2.05) is 13.0 Å². The SMILES string of the molecule is Cc1cc(F)cn2nc(Br)cc12.